The third-order valence-corrected chi connectivity index (χ3v) is 4.63. The Balaban J connectivity index is 1.69. The highest BCUT2D eigenvalue weighted by atomic mass is 32.2. The van der Waals surface area contributed by atoms with Gasteiger partial charge < -0.3 is 15.6 Å². The predicted octanol–water partition coefficient (Wildman–Crippen LogP) is 2.90. The fraction of sp³-hybridized carbons (Fsp3) is 0.105. The highest BCUT2D eigenvalue weighted by molar-refractivity contribution is 8.18. The molecule has 4 N–H and O–H groups in total. The maximum absolute atomic E-state index is 14.2. The van der Waals surface area contributed by atoms with Crippen LogP contribution in [-0.4, -0.2) is 28.3 Å². The van der Waals surface area contributed by atoms with Crippen LogP contribution in [0.5, 0.6) is 11.5 Å². The number of amides is 2. The van der Waals surface area contributed by atoms with Crippen molar-refractivity contribution in [2.75, 3.05) is 0 Å². The highest BCUT2D eigenvalue weighted by Gasteiger charge is 2.24. The zero-order valence-corrected chi connectivity index (χ0v) is 15.2. The van der Waals surface area contributed by atoms with Gasteiger partial charge in [-0.25, -0.2) is 4.39 Å². The van der Waals surface area contributed by atoms with Gasteiger partial charge in [-0.2, -0.15) is 0 Å². The van der Waals surface area contributed by atoms with Gasteiger partial charge in [-0.05, 0) is 59.7 Å². The molecule has 0 radical (unpaired) electrons. The van der Waals surface area contributed by atoms with Crippen molar-refractivity contribution in [1.82, 2.24) is 5.32 Å². The number of thioether (sulfide) groups is 1. The van der Waals surface area contributed by atoms with Gasteiger partial charge in [0.05, 0.1) is 4.91 Å². The van der Waals surface area contributed by atoms with Crippen LogP contribution in [0.4, 0.5) is 9.18 Å². The van der Waals surface area contributed by atoms with Gasteiger partial charge in [-0.15, -0.1) is 0 Å². The normalized spacial score (nSPS) is 16.1. The number of hydrogen-bond acceptors (Lipinski definition) is 6. The van der Waals surface area contributed by atoms with E-state index in [4.69, 9.17) is 15.6 Å². The third-order valence-electron chi connectivity index (χ3n) is 3.82. The average molecular weight is 402 g/mol. The molecule has 144 valence electrons. The van der Waals surface area contributed by atoms with E-state index in [1.165, 1.54) is 12.1 Å². The maximum Gasteiger partial charge on any atom is 0.320 e. The summed E-state index contributed by atoms with van der Waals surface area (Å²) in [6.07, 6.45) is 1.57. The number of aliphatic carboxylic acids is 1. The first kappa shape index (κ1) is 19.6. The van der Waals surface area contributed by atoms with Gasteiger partial charge in [0.25, 0.3) is 11.1 Å². The summed E-state index contributed by atoms with van der Waals surface area (Å²) in [5.74, 6) is -1.89. The van der Waals surface area contributed by atoms with Crippen molar-refractivity contribution in [3.05, 3.63) is 64.3 Å². The van der Waals surface area contributed by atoms with Crippen LogP contribution >= 0.6 is 11.8 Å². The fourth-order valence-corrected chi connectivity index (χ4v) is 3.11. The summed E-state index contributed by atoms with van der Waals surface area (Å²) in [5.41, 5.74) is 6.57. The molecule has 0 spiro atoms. The molecule has 2 aromatic carbocycles. The summed E-state index contributed by atoms with van der Waals surface area (Å²) < 4.78 is 19.7. The van der Waals surface area contributed by atoms with Crippen LogP contribution in [0.25, 0.3) is 6.08 Å². The molecule has 1 saturated heterocycles. The molecule has 0 aliphatic carbocycles. The lowest BCUT2D eigenvalue weighted by Crippen LogP contribution is -2.32. The van der Waals surface area contributed by atoms with E-state index in [9.17, 15) is 18.8 Å². The first-order chi connectivity index (χ1) is 13.3. The van der Waals surface area contributed by atoms with Crippen molar-refractivity contribution in [1.29, 1.82) is 0 Å². The summed E-state index contributed by atoms with van der Waals surface area (Å²) in [6.45, 7) is 0. The lowest BCUT2D eigenvalue weighted by atomic mass is 10.1. The Kier molecular flexibility index (Phi) is 5.76. The molecule has 3 rings (SSSR count). The largest absolute Gasteiger partial charge is 0.480 e. The number of carbonyl (C=O) groups excluding carboxylic acids is 2. The zero-order chi connectivity index (χ0) is 20.3. The number of carboxylic acids is 1. The number of ether oxygens (including phenoxy) is 1. The number of imide groups is 1. The van der Waals surface area contributed by atoms with Gasteiger partial charge in [0, 0.05) is 0 Å². The summed E-state index contributed by atoms with van der Waals surface area (Å²) in [6, 6.07) is 9.55. The lowest BCUT2D eigenvalue weighted by molar-refractivity contribution is -0.138. The second-order valence-electron chi connectivity index (χ2n) is 5.94. The average Bonchev–Trinajstić information content (AvgIpc) is 2.96. The molecule has 1 aliphatic heterocycles. The van der Waals surface area contributed by atoms with E-state index in [1.807, 2.05) is 0 Å². The Hall–Kier alpha value is -3.17. The van der Waals surface area contributed by atoms with Crippen molar-refractivity contribution in [2.45, 2.75) is 12.5 Å². The number of carbonyl (C=O) groups is 3. The maximum atomic E-state index is 14.2. The van der Waals surface area contributed by atoms with E-state index >= 15 is 0 Å². The second-order valence-corrected chi connectivity index (χ2v) is 6.95. The molecule has 1 atom stereocenters. The minimum Gasteiger partial charge on any atom is -0.480 e. The Labute approximate surface area is 163 Å². The summed E-state index contributed by atoms with van der Waals surface area (Å²) in [7, 11) is 0. The van der Waals surface area contributed by atoms with Gasteiger partial charge in [-0.3, -0.25) is 19.7 Å². The monoisotopic (exact) mass is 402 g/mol. The molecule has 28 heavy (non-hydrogen) atoms. The molecule has 2 amide bonds. The van der Waals surface area contributed by atoms with E-state index in [1.54, 1.807) is 36.4 Å². The van der Waals surface area contributed by atoms with Gasteiger partial charge >= 0.3 is 5.97 Å². The summed E-state index contributed by atoms with van der Waals surface area (Å²) in [4.78, 5) is 33.8. The molecule has 1 unspecified atom stereocenters. The van der Waals surface area contributed by atoms with Gasteiger partial charge in [0.15, 0.2) is 11.6 Å². The molecule has 0 bridgehead atoms. The lowest BCUT2D eigenvalue weighted by Gasteiger charge is -2.10. The molecule has 0 saturated carbocycles. The molecule has 7 nitrogen and oxygen atoms in total. The van der Waals surface area contributed by atoms with Crippen molar-refractivity contribution in [3.63, 3.8) is 0 Å². The van der Waals surface area contributed by atoms with Crippen LogP contribution in [-0.2, 0) is 16.0 Å². The number of nitrogens with one attached hydrogen (secondary N) is 1. The van der Waals surface area contributed by atoms with Crippen LogP contribution in [0, 0.1) is 5.82 Å². The van der Waals surface area contributed by atoms with Crippen LogP contribution in [0.2, 0.25) is 0 Å². The van der Waals surface area contributed by atoms with E-state index in [2.05, 4.69) is 5.32 Å². The number of rotatable bonds is 6. The number of hydrogen-bond donors (Lipinski definition) is 3. The molecule has 1 heterocycles. The van der Waals surface area contributed by atoms with Crippen LogP contribution < -0.4 is 15.8 Å². The highest BCUT2D eigenvalue weighted by Crippen LogP contribution is 2.28. The Morgan fingerprint density at radius 2 is 1.96 bits per heavy atom. The first-order valence-electron chi connectivity index (χ1n) is 8.11. The first-order valence-corrected chi connectivity index (χ1v) is 8.93. The fourth-order valence-electron chi connectivity index (χ4n) is 2.43. The molecule has 9 heteroatoms. The summed E-state index contributed by atoms with van der Waals surface area (Å²) in [5, 5.41) is 10.6. The number of halogens is 1. The predicted molar refractivity (Wildman–Crippen MR) is 101 cm³/mol. The molecule has 2 aromatic rings. The Bertz CT molecular complexity index is 975. The second kappa shape index (κ2) is 8.24. The van der Waals surface area contributed by atoms with Crippen molar-refractivity contribution < 1.29 is 28.6 Å². The molecular formula is C19H15FN2O5S. The van der Waals surface area contributed by atoms with Crippen LogP contribution in [0.3, 0.4) is 0 Å². The standard InChI is InChI=1S/C19H15FN2O5S/c20-13-7-11(8-14(21)18(24)25)3-6-15(13)27-12-4-1-10(2-5-12)9-16-17(23)22-19(26)28-16/h1-7,9,14H,8,21H2,(H,24,25)(H,22,23,26). The number of nitrogens with two attached hydrogens (primary N) is 1. The quantitative estimate of drug-likeness (QED) is 0.636. The van der Waals surface area contributed by atoms with E-state index in [0.29, 0.717) is 21.8 Å². The van der Waals surface area contributed by atoms with Crippen molar-refractivity contribution >= 4 is 35.0 Å². The topological polar surface area (TPSA) is 119 Å². The number of benzene rings is 2. The Morgan fingerprint density at radius 1 is 1.25 bits per heavy atom. The minimum absolute atomic E-state index is 0.00396. The Morgan fingerprint density at radius 3 is 2.54 bits per heavy atom. The smallest absolute Gasteiger partial charge is 0.320 e. The SMILES string of the molecule is NC(Cc1ccc(Oc2ccc(C=C3SC(=O)NC3=O)cc2)c(F)c1)C(=O)O. The van der Waals surface area contributed by atoms with Crippen LogP contribution in [0.15, 0.2) is 47.4 Å². The van der Waals surface area contributed by atoms with E-state index < -0.39 is 29.0 Å². The minimum atomic E-state index is -1.16. The van der Waals surface area contributed by atoms with E-state index in [-0.39, 0.29) is 12.2 Å². The van der Waals surface area contributed by atoms with Crippen molar-refractivity contribution in [3.8, 4) is 11.5 Å². The van der Waals surface area contributed by atoms with Crippen LogP contribution in [0.1, 0.15) is 11.1 Å². The summed E-state index contributed by atoms with van der Waals surface area (Å²) >= 11 is 0.819. The number of carboxylic acid groups (broad SMARTS) is 1. The third kappa shape index (κ3) is 4.76. The van der Waals surface area contributed by atoms with E-state index in [0.717, 1.165) is 11.8 Å². The van der Waals surface area contributed by atoms with Gasteiger partial charge in [0.1, 0.15) is 11.8 Å². The zero-order valence-electron chi connectivity index (χ0n) is 14.3. The molecule has 0 aromatic heterocycles. The van der Waals surface area contributed by atoms with Gasteiger partial charge in [-0.1, -0.05) is 18.2 Å². The molecule has 1 aliphatic rings. The molecular weight excluding hydrogens is 387 g/mol. The molecule has 1 fully saturated rings. The van der Waals surface area contributed by atoms with Gasteiger partial charge in [0.2, 0.25) is 0 Å². The van der Waals surface area contributed by atoms with Crippen molar-refractivity contribution in [2.24, 2.45) is 5.73 Å².